The zero-order valence-electron chi connectivity index (χ0n) is 10.4. The normalized spacial score (nSPS) is 10.0. The third-order valence-electron chi connectivity index (χ3n) is 2.69. The molecule has 4 heteroatoms. The molecule has 2 nitrogen and oxygen atoms in total. The summed E-state index contributed by atoms with van der Waals surface area (Å²) >= 11 is 3.47. The van der Waals surface area contributed by atoms with Gasteiger partial charge in [-0.3, -0.25) is 0 Å². The van der Waals surface area contributed by atoms with Crippen LogP contribution in [0, 0.1) is 24.1 Å². The quantitative estimate of drug-likeness (QED) is 0.911. The van der Waals surface area contributed by atoms with Crippen molar-refractivity contribution in [3.8, 4) is 6.07 Å². The summed E-state index contributed by atoms with van der Waals surface area (Å²) in [7, 11) is 0. The van der Waals surface area contributed by atoms with E-state index in [9.17, 15) is 4.39 Å². The van der Waals surface area contributed by atoms with Crippen LogP contribution in [0.1, 0.15) is 16.7 Å². The van der Waals surface area contributed by atoms with Crippen molar-refractivity contribution in [2.45, 2.75) is 13.5 Å². The molecule has 0 fully saturated rings. The molecule has 0 amide bonds. The fraction of sp³-hybridized carbons (Fsp3) is 0.133. The van der Waals surface area contributed by atoms with Crippen molar-refractivity contribution in [3.63, 3.8) is 0 Å². The Morgan fingerprint density at radius 2 is 2.05 bits per heavy atom. The van der Waals surface area contributed by atoms with Gasteiger partial charge in [-0.15, -0.1) is 0 Å². The number of rotatable bonds is 3. The molecule has 0 aromatic heterocycles. The summed E-state index contributed by atoms with van der Waals surface area (Å²) in [5.74, 6) is -0.390. The van der Waals surface area contributed by atoms with E-state index in [0.29, 0.717) is 12.1 Å². The summed E-state index contributed by atoms with van der Waals surface area (Å²) in [4.78, 5) is 0. The largest absolute Gasteiger partial charge is 0.380 e. The van der Waals surface area contributed by atoms with Gasteiger partial charge in [-0.05, 0) is 64.3 Å². The number of halogens is 2. The number of benzene rings is 2. The Labute approximate surface area is 120 Å². The van der Waals surface area contributed by atoms with E-state index in [2.05, 4.69) is 21.2 Å². The number of nitriles is 1. The average Bonchev–Trinajstić information content (AvgIpc) is 2.37. The van der Waals surface area contributed by atoms with Crippen LogP contribution in [0.25, 0.3) is 0 Å². The lowest BCUT2D eigenvalue weighted by Crippen LogP contribution is -2.01. The lowest BCUT2D eigenvalue weighted by molar-refractivity contribution is 0.625. The number of anilines is 1. The van der Waals surface area contributed by atoms with Crippen molar-refractivity contribution in [2.75, 3.05) is 5.32 Å². The summed E-state index contributed by atoms with van der Waals surface area (Å²) < 4.78 is 14.2. The van der Waals surface area contributed by atoms with Crippen molar-refractivity contribution in [3.05, 3.63) is 63.4 Å². The van der Waals surface area contributed by atoms with E-state index in [1.165, 1.54) is 12.1 Å². The standard InChI is InChI=1S/C15H12BrFN2/c1-10-2-3-15(14(16)4-10)19-9-12-5-11(8-18)6-13(17)7-12/h2-7,19H,9H2,1H3. The Morgan fingerprint density at radius 3 is 2.74 bits per heavy atom. The van der Waals surface area contributed by atoms with E-state index in [4.69, 9.17) is 5.26 Å². The number of nitrogens with one attached hydrogen (secondary N) is 1. The lowest BCUT2D eigenvalue weighted by atomic mass is 10.1. The van der Waals surface area contributed by atoms with Crippen molar-refractivity contribution < 1.29 is 4.39 Å². The number of hydrogen-bond acceptors (Lipinski definition) is 2. The molecule has 0 radical (unpaired) electrons. The molecule has 0 bridgehead atoms. The first-order valence-electron chi connectivity index (χ1n) is 5.78. The highest BCUT2D eigenvalue weighted by Crippen LogP contribution is 2.24. The molecule has 0 aliphatic rings. The molecule has 1 N–H and O–H groups in total. The highest BCUT2D eigenvalue weighted by Gasteiger charge is 2.03. The lowest BCUT2D eigenvalue weighted by Gasteiger charge is -2.09. The van der Waals surface area contributed by atoms with Crippen LogP contribution in [-0.2, 0) is 6.54 Å². The van der Waals surface area contributed by atoms with Gasteiger partial charge in [-0.25, -0.2) is 4.39 Å². The summed E-state index contributed by atoms with van der Waals surface area (Å²) in [6.45, 7) is 2.48. The Bertz CT molecular complexity index is 647. The van der Waals surface area contributed by atoms with Gasteiger partial charge in [0.2, 0.25) is 0 Å². The second-order valence-electron chi connectivity index (χ2n) is 4.30. The maximum absolute atomic E-state index is 13.3. The van der Waals surface area contributed by atoms with Gasteiger partial charge >= 0.3 is 0 Å². The molecule has 2 aromatic rings. The second-order valence-corrected chi connectivity index (χ2v) is 5.15. The molecule has 0 heterocycles. The topological polar surface area (TPSA) is 35.8 Å². The van der Waals surface area contributed by atoms with Crippen molar-refractivity contribution >= 4 is 21.6 Å². The molecule has 19 heavy (non-hydrogen) atoms. The molecule has 0 spiro atoms. The molecular formula is C15H12BrFN2. The fourth-order valence-electron chi connectivity index (χ4n) is 1.78. The van der Waals surface area contributed by atoms with Gasteiger partial charge in [0.15, 0.2) is 0 Å². The molecule has 2 rings (SSSR count). The van der Waals surface area contributed by atoms with Gasteiger partial charge in [0, 0.05) is 16.7 Å². The molecule has 0 saturated heterocycles. The van der Waals surface area contributed by atoms with Crippen LogP contribution in [0.5, 0.6) is 0 Å². The van der Waals surface area contributed by atoms with Crippen LogP contribution in [0.15, 0.2) is 40.9 Å². The van der Waals surface area contributed by atoms with Crippen LogP contribution >= 0.6 is 15.9 Å². The minimum Gasteiger partial charge on any atom is -0.380 e. The van der Waals surface area contributed by atoms with E-state index < -0.39 is 0 Å². The van der Waals surface area contributed by atoms with Gasteiger partial charge in [-0.2, -0.15) is 5.26 Å². The first-order chi connectivity index (χ1) is 9.08. The molecule has 0 atom stereocenters. The Hall–Kier alpha value is -1.86. The van der Waals surface area contributed by atoms with Crippen molar-refractivity contribution in [1.29, 1.82) is 5.26 Å². The minimum absolute atomic E-state index is 0.333. The predicted octanol–water partition coefficient (Wildman–Crippen LogP) is 4.38. The summed E-state index contributed by atoms with van der Waals surface area (Å²) in [5, 5.41) is 12.0. The molecule has 0 aliphatic carbocycles. The fourth-order valence-corrected chi connectivity index (χ4v) is 2.41. The molecule has 0 unspecified atom stereocenters. The summed E-state index contributed by atoms with van der Waals surface area (Å²) in [5.41, 5.74) is 3.17. The molecular weight excluding hydrogens is 307 g/mol. The third-order valence-corrected chi connectivity index (χ3v) is 3.35. The summed E-state index contributed by atoms with van der Waals surface area (Å²) in [6.07, 6.45) is 0. The summed E-state index contributed by atoms with van der Waals surface area (Å²) in [6, 6.07) is 12.3. The number of hydrogen-bond donors (Lipinski definition) is 1. The van der Waals surface area contributed by atoms with Gasteiger partial charge in [0.1, 0.15) is 5.82 Å². The zero-order valence-corrected chi connectivity index (χ0v) is 12.0. The van der Waals surface area contributed by atoms with Gasteiger partial charge in [0.05, 0.1) is 11.6 Å². The van der Waals surface area contributed by atoms with Crippen LogP contribution in [0.3, 0.4) is 0 Å². The molecule has 0 aliphatic heterocycles. The SMILES string of the molecule is Cc1ccc(NCc2cc(F)cc(C#N)c2)c(Br)c1. The molecule has 2 aromatic carbocycles. The van der Waals surface area contributed by atoms with Gasteiger partial charge < -0.3 is 5.32 Å². The predicted molar refractivity (Wildman–Crippen MR) is 77.3 cm³/mol. The maximum atomic E-state index is 13.3. The van der Waals surface area contributed by atoms with Crippen LogP contribution in [0.2, 0.25) is 0 Å². The first-order valence-corrected chi connectivity index (χ1v) is 6.57. The van der Waals surface area contributed by atoms with Crippen molar-refractivity contribution in [1.82, 2.24) is 0 Å². The number of aryl methyl sites for hydroxylation is 1. The van der Waals surface area contributed by atoms with Crippen LogP contribution in [-0.4, -0.2) is 0 Å². The monoisotopic (exact) mass is 318 g/mol. The number of nitrogens with zero attached hydrogens (tertiary/aromatic N) is 1. The van der Waals surface area contributed by atoms with Gasteiger partial charge in [-0.1, -0.05) is 6.07 Å². The highest BCUT2D eigenvalue weighted by atomic mass is 79.9. The Morgan fingerprint density at radius 1 is 1.26 bits per heavy atom. The van der Waals surface area contributed by atoms with Crippen molar-refractivity contribution in [2.24, 2.45) is 0 Å². The second kappa shape index (κ2) is 5.85. The van der Waals surface area contributed by atoms with E-state index in [0.717, 1.165) is 21.3 Å². The zero-order chi connectivity index (χ0) is 13.8. The van der Waals surface area contributed by atoms with E-state index in [-0.39, 0.29) is 5.82 Å². The van der Waals surface area contributed by atoms with Gasteiger partial charge in [0.25, 0.3) is 0 Å². The third kappa shape index (κ3) is 3.55. The first kappa shape index (κ1) is 13.6. The minimum atomic E-state index is -0.390. The van der Waals surface area contributed by atoms with E-state index in [1.54, 1.807) is 6.07 Å². The smallest absolute Gasteiger partial charge is 0.124 e. The Balaban J connectivity index is 2.14. The van der Waals surface area contributed by atoms with Crippen LogP contribution < -0.4 is 5.32 Å². The van der Waals surface area contributed by atoms with Crippen LogP contribution in [0.4, 0.5) is 10.1 Å². The van der Waals surface area contributed by atoms with E-state index in [1.807, 2.05) is 31.2 Å². The van der Waals surface area contributed by atoms with E-state index >= 15 is 0 Å². The Kier molecular flexibility index (Phi) is 4.18. The maximum Gasteiger partial charge on any atom is 0.124 e. The average molecular weight is 319 g/mol. The molecule has 96 valence electrons. The highest BCUT2D eigenvalue weighted by molar-refractivity contribution is 9.10. The molecule has 0 saturated carbocycles.